The molecule has 0 spiro atoms. The van der Waals surface area contributed by atoms with E-state index in [4.69, 9.17) is 9.72 Å². The summed E-state index contributed by atoms with van der Waals surface area (Å²) in [5.74, 6) is 0.728. The Morgan fingerprint density at radius 1 is 1.18 bits per heavy atom. The monoisotopic (exact) mass is 469 g/mol. The summed E-state index contributed by atoms with van der Waals surface area (Å²) in [7, 11) is -1.56. The van der Waals surface area contributed by atoms with Crippen molar-refractivity contribution in [2.24, 2.45) is 0 Å². The van der Waals surface area contributed by atoms with Crippen LogP contribution in [0.5, 0.6) is 5.75 Å². The van der Waals surface area contributed by atoms with Gasteiger partial charge in [-0.15, -0.1) is 0 Å². The van der Waals surface area contributed by atoms with Crippen molar-refractivity contribution in [3.05, 3.63) is 63.7 Å². The zero-order valence-electron chi connectivity index (χ0n) is 19.9. The second-order valence-corrected chi connectivity index (χ2v) is 11.0. The standard InChI is InChI=1S/C25H31N3O4S/c1-16-10-11-18(24(29)28-16)19-14-21(25(2,3)4)23(32-5)20-13-17(15-26-22(19)20)9-7-8-12-27-33(6,30)31/h7,9-11,13-15,27H,8,12H2,1-6H3,(H,28,29). The number of hydrogen-bond donors (Lipinski definition) is 2. The van der Waals surface area contributed by atoms with E-state index in [0.717, 1.165) is 39.8 Å². The van der Waals surface area contributed by atoms with Crippen LogP contribution in [0.15, 0.2) is 41.3 Å². The van der Waals surface area contributed by atoms with Gasteiger partial charge in [-0.2, -0.15) is 0 Å². The number of sulfonamides is 1. The predicted molar refractivity (Wildman–Crippen MR) is 134 cm³/mol. The third kappa shape index (κ3) is 5.89. The molecule has 0 aliphatic rings. The fourth-order valence-electron chi connectivity index (χ4n) is 3.70. The SMILES string of the molecule is COc1c(C(C)(C)C)cc(-c2ccc(C)[nH]c2=O)c2ncc(C=CCCNS(C)(=O)=O)cc12. The van der Waals surface area contributed by atoms with Gasteiger partial charge in [-0.05, 0) is 48.6 Å². The van der Waals surface area contributed by atoms with Gasteiger partial charge in [0.15, 0.2) is 0 Å². The van der Waals surface area contributed by atoms with E-state index >= 15 is 0 Å². The van der Waals surface area contributed by atoms with Gasteiger partial charge < -0.3 is 9.72 Å². The van der Waals surface area contributed by atoms with Crippen LogP contribution < -0.4 is 15.0 Å². The Balaban J connectivity index is 2.16. The number of rotatable bonds is 7. The van der Waals surface area contributed by atoms with E-state index in [1.165, 1.54) is 0 Å². The van der Waals surface area contributed by atoms with Crippen LogP contribution in [-0.4, -0.2) is 38.3 Å². The first-order chi connectivity index (χ1) is 15.4. The molecule has 0 unspecified atom stereocenters. The van der Waals surface area contributed by atoms with Crippen molar-refractivity contribution < 1.29 is 13.2 Å². The first-order valence-corrected chi connectivity index (χ1v) is 12.6. The molecule has 3 rings (SSSR count). The van der Waals surface area contributed by atoms with E-state index in [1.54, 1.807) is 13.3 Å². The van der Waals surface area contributed by atoms with Gasteiger partial charge in [0.05, 0.1) is 18.9 Å². The predicted octanol–water partition coefficient (Wildman–Crippen LogP) is 4.16. The van der Waals surface area contributed by atoms with Crippen molar-refractivity contribution >= 4 is 27.0 Å². The largest absolute Gasteiger partial charge is 0.496 e. The highest BCUT2D eigenvalue weighted by atomic mass is 32.2. The van der Waals surface area contributed by atoms with Gasteiger partial charge in [-0.25, -0.2) is 13.1 Å². The van der Waals surface area contributed by atoms with E-state index in [2.05, 4.69) is 30.5 Å². The maximum absolute atomic E-state index is 12.8. The van der Waals surface area contributed by atoms with Crippen LogP contribution in [0.1, 0.15) is 44.0 Å². The van der Waals surface area contributed by atoms with E-state index in [9.17, 15) is 13.2 Å². The first-order valence-electron chi connectivity index (χ1n) is 10.7. The average Bonchev–Trinajstić information content (AvgIpc) is 2.71. The molecule has 2 N–H and O–H groups in total. The van der Waals surface area contributed by atoms with Gasteiger partial charge in [-0.3, -0.25) is 9.78 Å². The molecule has 0 saturated carbocycles. The van der Waals surface area contributed by atoms with E-state index < -0.39 is 10.0 Å². The number of ether oxygens (including phenoxy) is 1. The summed E-state index contributed by atoms with van der Waals surface area (Å²) in [5, 5.41) is 0.816. The first kappa shape index (κ1) is 24.7. The van der Waals surface area contributed by atoms with E-state index in [1.807, 2.05) is 43.3 Å². The molecule has 1 aromatic carbocycles. The molecule has 0 saturated heterocycles. The van der Waals surface area contributed by atoms with Crippen LogP contribution >= 0.6 is 0 Å². The molecule has 33 heavy (non-hydrogen) atoms. The highest BCUT2D eigenvalue weighted by Gasteiger charge is 2.24. The molecule has 176 valence electrons. The minimum Gasteiger partial charge on any atom is -0.496 e. The van der Waals surface area contributed by atoms with Crippen molar-refractivity contribution in [3.63, 3.8) is 0 Å². The lowest BCUT2D eigenvalue weighted by atomic mass is 9.83. The number of benzene rings is 1. The molecular formula is C25H31N3O4S. The Kier molecular flexibility index (Phi) is 7.09. The number of fused-ring (bicyclic) bond motifs is 1. The van der Waals surface area contributed by atoms with Gasteiger partial charge in [0.1, 0.15) is 5.75 Å². The number of pyridine rings is 2. The van der Waals surface area contributed by atoms with Crippen LogP contribution in [-0.2, 0) is 15.4 Å². The molecule has 7 nitrogen and oxygen atoms in total. The maximum atomic E-state index is 12.8. The molecule has 0 aliphatic carbocycles. The van der Waals surface area contributed by atoms with Crippen molar-refractivity contribution in [3.8, 4) is 16.9 Å². The molecule has 0 amide bonds. The number of nitrogens with zero attached hydrogens (tertiary/aromatic N) is 1. The topological polar surface area (TPSA) is 101 Å². The molecule has 0 atom stereocenters. The summed E-state index contributed by atoms with van der Waals surface area (Å²) in [6.45, 7) is 8.48. The lowest BCUT2D eigenvalue weighted by molar-refractivity contribution is 0.402. The fraction of sp³-hybridized carbons (Fsp3) is 0.360. The summed E-state index contributed by atoms with van der Waals surface area (Å²) >= 11 is 0. The summed E-state index contributed by atoms with van der Waals surface area (Å²) < 4.78 is 30.7. The minimum absolute atomic E-state index is 0.162. The number of aromatic nitrogens is 2. The summed E-state index contributed by atoms with van der Waals surface area (Å²) in [6.07, 6.45) is 7.23. The lowest BCUT2D eigenvalue weighted by Crippen LogP contribution is -2.22. The van der Waals surface area contributed by atoms with Crippen LogP contribution in [0.4, 0.5) is 0 Å². The van der Waals surface area contributed by atoms with E-state index in [-0.39, 0.29) is 11.0 Å². The van der Waals surface area contributed by atoms with Crippen LogP contribution in [0, 0.1) is 6.92 Å². The lowest BCUT2D eigenvalue weighted by Gasteiger charge is -2.25. The molecule has 2 heterocycles. The smallest absolute Gasteiger partial charge is 0.256 e. The zero-order chi connectivity index (χ0) is 24.4. The highest BCUT2D eigenvalue weighted by Crippen LogP contribution is 2.41. The molecule has 8 heteroatoms. The molecular weight excluding hydrogens is 438 g/mol. The third-order valence-corrected chi connectivity index (χ3v) is 6.01. The Morgan fingerprint density at radius 3 is 2.52 bits per heavy atom. The molecule has 0 radical (unpaired) electrons. The normalized spacial score (nSPS) is 12.5. The van der Waals surface area contributed by atoms with Crippen molar-refractivity contribution in [2.75, 3.05) is 19.9 Å². The van der Waals surface area contributed by atoms with Crippen molar-refractivity contribution in [1.82, 2.24) is 14.7 Å². The number of aryl methyl sites for hydroxylation is 1. The number of nitrogens with one attached hydrogen (secondary N) is 2. The maximum Gasteiger partial charge on any atom is 0.256 e. The summed E-state index contributed by atoms with van der Waals surface area (Å²) in [4.78, 5) is 20.3. The van der Waals surface area contributed by atoms with Crippen molar-refractivity contribution in [2.45, 2.75) is 39.5 Å². The number of hydrogen-bond acceptors (Lipinski definition) is 5. The molecule has 0 bridgehead atoms. The van der Waals surface area contributed by atoms with Gasteiger partial charge in [-0.1, -0.05) is 32.9 Å². The quantitative estimate of drug-likeness (QED) is 0.506. The van der Waals surface area contributed by atoms with E-state index in [0.29, 0.717) is 24.0 Å². The van der Waals surface area contributed by atoms with Crippen LogP contribution in [0.2, 0.25) is 0 Å². The van der Waals surface area contributed by atoms with Crippen molar-refractivity contribution in [1.29, 1.82) is 0 Å². The Bertz CT molecular complexity index is 1370. The summed E-state index contributed by atoms with van der Waals surface area (Å²) in [5.41, 5.74) is 4.24. The highest BCUT2D eigenvalue weighted by molar-refractivity contribution is 7.88. The van der Waals surface area contributed by atoms with Gasteiger partial charge in [0.2, 0.25) is 10.0 Å². The van der Waals surface area contributed by atoms with Crippen LogP contribution in [0.3, 0.4) is 0 Å². The minimum atomic E-state index is -3.20. The zero-order valence-corrected chi connectivity index (χ0v) is 20.8. The molecule has 2 aromatic heterocycles. The molecule has 3 aromatic rings. The second kappa shape index (κ2) is 9.49. The van der Waals surface area contributed by atoms with Crippen LogP contribution in [0.25, 0.3) is 28.1 Å². The van der Waals surface area contributed by atoms with Gasteiger partial charge >= 0.3 is 0 Å². The third-order valence-electron chi connectivity index (χ3n) is 5.29. The van der Waals surface area contributed by atoms with Gasteiger partial charge in [0, 0.05) is 40.5 Å². The number of aromatic amines is 1. The number of methoxy groups -OCH3 is 1. The van der Waals surface area contributed by atoms with Gasteiger partial charge in [0.25, 0.3) is 5.56 Å². The average molecular weight is 470 g/mol. The Hall–Kier alpha value is -2.97. The molecule has 0 aliphatic heterocycles. The second-order valence-electron chi connectivity index (χ2n) is 9.16. The molecule has 0 fully saturated rings. The Morgan fingerprint density at radius 2 is 1.91 bits per heavy atom. The summed E-state index contributed by atoms with van der Waals surface area (Å²) in [6, 6.07) is 7.69. The fourth-order valence-corrected chi connectivity index (χ4v) is 4.19. The number of H-pyrrole nitrogens is 1. The Labute approximate surface area is 195 Å².